The van der Waals surface area contributed by atoms with Crippen LogP contribution >= 0.6 is 11.5 Å². The summed E-state index contributed by atoms with van der Waals surface area (Å²) >= 11 is 1.11. The smallest absolute Gasteiger partial charge is 0.267 e. The van der Waals surface area contributed by atoms with Gasteiger partial charge in [-0.2, -0.15) is 0 Å². The first-order chi connectivity index (χ1) is 9.56. The van der Waals surface area contributed by atoms with Crippen molar-refractivity contribution in [1.82, 2.24) is 14.5 Å². The summed E-state index contributed by atoms with van der Waals surface area (Å²) in [7, 11) is 1.72. The summed E-state index contributed by atoms with van der Waals surface area (Å²) in [4.78, 5) is 14.7. The summed E-state index contributed by atoms with van der Waals surface area (Å²) in [5, 5.41) is 13.8. The highest BCUT2D eigenvalue weighted by atomic mass is 32.1. The number of aromatic hydroxyl groups is 1. The van der Waals surface area contributed by atoms with E-state index in [1.165, 1.54) is 0 Å². The van der Waals surface area contributed by atoms with Gasteiger partial charge in [-0.05, 0) is 30.9 Å². The van der Waals surface area contributed by atoms with Crippen molar-refractivity contribution in [1.29, 1.82) is 0 Å². The standard InChI is InChI=1S/C14H17N3O2S/c1-4-11-13(20-16-15-11)14(19)17(3)9(2)10-7-5-6-8-12(10)18/h5-9,18H,4H2,1-3H3. The Hall–Kier alpha value is -1.95. The summed E-state index contributed by atoms with van der Waals surface area (Å²) in [6.07, 6.45) is 0.677. The zero-order chi connectivity index (χ0) is 14.7. The molecule has 0 aliphatic rings. The summed E-state index contributed by atoms with van der Waals surface area (Å²) in [5.74, 6) is 0.0744. The second-order valence-electron chi connectivity index (χ2n) is 4.55. The highest BCUT2D eigenvalue weighted by Crippen LogP contribution is 2.28. The van der Waals surface area contributed by atoms with E-state index in [-0.39, 0.29) is 17.7 Å². The number of rotatable bonds is 4. The molecule has 1 amide bonds. The number of hydrogen-bond acceptors (Lipinski definition) is 5. The average Bonchev–Trinajstić information content (AvgIpc) is 2.94. The maximum atomic E-state index is 12.5. The fraction of sp³-hybridized carbons (Fsp3) is 0.357. The van der Waals surface area contributed by atoms with Gasteiger partial charge in [0.15, 0.2) is 0 Å². The van der Waals surface area contributed by atoms with Crippen molar-refractivity contribution in [3.63, 3.8) is 0 Å². The minimum absolute atomic E-state index is 0.118. The summed E-state index contributed by atoms with van der Waals surface area (Å²) in [6.45, 7) is 3.83. The van der Waals surface area contributed by atoms with Gasteiger partial charge in [0, 0.05) is 12.6 Å². The molecule has 0 spiro atoms. The second-order valence-corrected chi connectivity index (χ2v) is 5.31. The summed E-state index contributed by atoms with van der Waals surface area (Å²) in [6, 6.07) is 6.81. The number of phenolic OH excluding ortho intramolecular Hbond substituents is 1. The molecule has 1 aromatic carbocycles. The largest absolute Gasteiger partial charge is 0.508 e. The molecule has 6 heteroatoms. The molecule has 1 atom stereocenters. The Balaban J connectivity index is 2.25. The van der Waals surface area contributed by atoms with Crippen LogP contribution in [0.4, 0.5) is 0 Å². The van der Waals surface area contributed by atoms with E-state index < -0.39 is 0 Å². The lowest BCUT2D eigenvalue weighted by Gasteiger charge is -2.25. The van der Waals surface area contributed by atoms with Gasteiger partial charge in [-0.15, -0.1) is 5.10 Å². The number of nitrogens with zero attached hydrogens (tertiary/aromatic N) is 3. The Bertz CT molecular complexity index is 612. The Morgan fingerprint density at radius 3 is 2.80 bits per heavy atom. The number of carbonyl (C=O) groups is 1. The number of aromatic nitrogens is 2. The molecule has 0 radical (unpaired) electrons. The van der Waals surface area contributed by atoms with Crippen LogP contribution in [-0.4, -0.2) is 32.5 Å². The number of aryl methyl sites for hydroxylation is 1. The minimum Gasteiger partial charge on any atom is -0.508 e. The normalized spacial score (nSPS) is 12.2. The molecule has 1 N–H and O–H groups in total. The van der Waals surface area contributed by atoms with E-state index in [1.54, 1.807) is 24.1 Å². The van der Waals surface area contributed by atoms with Crippen molar-refractivity contribution in [3.05, 3.63) is 40.4 Å². The molecule has 0 saturated heterocycles. The Morgan fingerprint density at radius 2 is 2.15 bits per heavy atom. The van der Waals surface area contributed by atoms with Crippen LogP contribution in [-0.2, 0) is 6.42 Å². The van der Waals surface area contributed by atoms with Crippen molar-refractivity contribution in [2.45, 2.75) is 26.3 Å². The van der Waals surface area contributed by atoms with Gasteiger partial charge in [0.05, 0.1) is 11.7 Å². The van der Waals surface area contributed by atoms with Crippen LogP contribution in [0.3, 0.4) is 0 Å². The Kier molecular flexibility index (Phi) is 4.34. The SMILES string of the molecule is CCc1nnsc1C(=O)N(C)C(C)c1ccccc1O. The fourth-order valence-corrected chi connectivity index (χ4v) is 2.72. The van der Waals surface area contributed by atoms with Crippen molar-refractivity contribution in [2.24, 2.45) is 0 Å². The van der Waals surface area contributed by atoms with Crippen molar-refractivity contribution >= 4 is 17.4 Å². The third kappa shape index (κ3) is 2.65. The summed E-state index contributed by atoms with van der Waals surface area (Å²) < 4.78 is 3.84. The molecule has 2 rings (SSSR count). The molecular formula is C14H17N3O2S. The molecule has 1 heterocycles. The summed E-state index contributed by atoms with van der Waals surface area (Å²) in [5.41, 5.74) is 1.44. The van der Waals surface area contributed by atoms with Crippen LogP contribution in [0, 0.1) is 0 Å². The van der Waals surface area contributed by atoms with Crippen LogP contribution in [0.15, 0.2) is 24.3 Å². The third-order valence-electron chi connectivity index (χ3n) is 3.37. The number of amides is 1. The van der Waals surface area contributed by atoms with Gasteiger partial charge in [0.2, 0.25) is 0 Å². The molecule has 0 aliphatic carbocycles. The molecule has 0 aliphatic heterocycles. The topological polar surface area (TPSA) is 66.3 Å². The van der Waals surface area contributed by atoms with Crippen LogP contribution in [0.5, 0.6) is 5.75 Å². The zero-order valence-electron chi connectivity index (χ0n) is 11.7. The second kappa shape index (κ2) is 6.00. The van der Waals surface area contributed by atoms with Gasteiger partial charge in [-0.25, -0.2) is 0 Å². The van der Waals surface area contributed by atoms with Crippen molar-refractivity contribution in [3.8, 4) is 5.75 Å². The first-order valence-corrected chi connectivity index (χ1v) is 7.19. The van der Waals surface area contributed by atoms with Gasteiger partial charge in [0.1, 0.15) is 10.6 Å². The monoisotopic (exact) mass is 291 g/mol. The highest BCUT2D eigenvalue weighted by molar-refractivity contribution is 7.08. The number of hydrogen-bond donors (Lipinski definition) is 1. The van der Waals surface area contributed by atoms with Crippen LogP contribution < -0.4 is 0 Å². The molecule has 0 fully saturated rings. The van der Waals surface area contributed by atoms with Gasteiger partial charge in [-0.3, -0.25) is 4.79 Å². The van der Waals surface area contributed by atoms with Crippen molar-refractivity contribution in [2.75, 3.05) is 7.05 Å². The molecule has 1 unspecified atom stereocenters. The first-order valence-electron chi connectivity index (χ1n) is 6.42. The molecule has 5 nitrogen and oxygen atoms in total. The van der Waals surface area contributed by atoms with E-state index in [2.05, 4.69) is 9.59 Å². The van der Waals surface area contributed by atoms with E-state index in [1.807, 2.05) is 26.0 Å². The molecule has 106 valence electrons. The van der Waals surface area contributed by atoms with Crippen molar-refractivity contribution < 1.29 is 9.90 Å². The predicted octanol–water partition coefficient (Wildman–Crippen LogP) is 2.64. The number of benzene rings is 1. The molecule has 1 aromatic heterocycles. The van der Waals surface area contributed by atoms with E-state index in [4.69, 9.17) is 0 Å². The van der Waals surface area contributed by atoms with Crippen LogP contribution in [0.1, 0.15) is 40.8 Å². The average molecular weight is 291 g/mol. The lowest BCUT2D eigenvalue weighted by molar-refractivity contribution is 0.0745. The van der Waals surface area contributed by atoms with Gasteiger partial charge in [-0.1, -0.05) is 29.6 Å². The van der Waals surface area contributed by atoms with Crippen LogP contribution in [0.25, 0.3) is 0 Å². The number of phenols is 1. The van der Waals surface area contributed by atoms with Crippen LogP contribution in [0.2, 0.25) is 0 Å². The molecular weight excluding hydrogens is 274 g/mol. The maximum Gasteiger partial charge on any atom is 0.267 e. The molecule has 0 saturated carbocycles. The lowest BCUT2D eigenvalue weighted by atomic mass is 10.1. The minimum atomic E-state index is -0.226. The van der Waals surface area contributed by atoms with Gasteiger partial charge in [0.25, 0.3) is 5.91 Å². The highest BCUT2D eigenvalue weighted by Gasteiger charge is 2.24. The number of carbonyl (C=O) groups excluding carboxylic acids is 1. The van der Waals surface area contributed by atoms with E-state index in [9.17, 15) is 9.90 Å². The quantitative estimate of drug-likeness (QED) is 0.940. The molecule has 2 aromatic rings. The van der Waals surface area contributed by atoms with E-state index in [0.29, 0.717) is 11.3 Å². The molecule has 20 heavy (non-hydrogen) atoms. The van der Waals surface area contributed by atoms with E-state index >= 15 is 0 Å². The predicted molar refractivity (Wildman–Crippen MR) is 77.9 cm³/mol. The Labute approximate surface area is 122 Å². The third-order valence-corrected chi connectivity index (χ3v) is 4.13. The van der Waals surface area contributed by atoms with Gasteiger partial charge >= 0.3 is 0 Å². The number of para-hydroxylation sites is 1. The lowest BCUT2D eigenvalue weighted by Crippen LogP contribution is -2.29. The zero-order valence-corrected chi connectivity index (χ0v) is 12.5. The molecule has 0 bridgehead atoms. The Morgan fingerprint density at radius 1 is 1.45 bits per heavy atom. The van der Waals surface area contributed by atoms with E-state index in [0.717, 1.165) is 22.8 Å². The van der Waals surface area contributed by atoms with Gasteiger partial charge < -0.3 is 10.0 Å². The first kappa shape index (κ1) is 14.5. The fourth-order valence-electron chi connectivity index (χ4n) is 1.99. The maximum absolute atomic E-state index is 12.5.